The molecule has 1 aromatic rings. The van der Waals surface area contributed by atoms with Gasteiger partial charge in [-0.15, -0.1) is 0 Å². The molecule has 3 nitrogen and oxygen atoms in total. The second-order valence-corrected chi connectivity index (χ2v) is 5.36. The second kappa shape index (κ2) is 5.26. The highest BCUT2D eigenvalue weighted by atomic mass is 79.9. The van der Waals surface area contributed by atoms with Crippen molar-refractivity contribution >= 4 is 27.5 Å². The van der Waals surface area contributed by atoms with Crippen molar-refractivity contribution in [1.82, 2.24) is 0 Å². The summed E-state index contributed by atoms with van der Waals surface area (Å²) in [5, 5.41) is 7.40. The van der Waals surface area contributed by atoms with Crippen LogP contribution in [0.5, 0.6) is 0 Å². The maximum absolute atomic E-state index is 14.3. The first-order valence-corrected chi connectivity index (χ1v) is 6.94. The van der Waals surface area contributed by atoms with Crippen LogP contribution in [-0.4, -0.2) is 18.4 Å². The fourth-order valence-corrected chi connectivity index (χ4v) is 3.10. The number of anilines is 1. The minimum Gasteiger partial charge on any atom is -0.384 e. The molecule has 1 aliphatic rings. The van der Waals surface area contributed by atoms with E-state index in [9.17, 15) is 4.39 Å². The van der Waals surface area contributed by atoms with E-state index in [-0.39, 0.29) is 16.1 Å². The van der Waals surface area contributed by atoms with E-state index >= 15 is 0 Å². The molecule has 0 saturated carbocycles. The Morgan fingerprint density at radius 3 is 2.94 bits per heavy atom. The first-order valence-electron chi connectivity index (χ1n) is 6.15. The van der Waals surface area contributed by atoms with Gasteiger partial charge in [-0.05, 0) is 47.3 Å². The minimum absolute atomic E-state index is 0.124. The average Bonchev–Trinajstić information content (AvgIpc) is 2.80. The summed E-state index contributed by atoms with van der Waals surface area (Å²) in [4.78, 5) is 2.12. The highest BCUT2D eigenvalue weighted by Crippen LogP contribution is 2.34. The molecule has 1 fully saturated rings. The molecule has 0 bridgehead atoms. The third-order valence-corrected chi connectivity index (χ3v) is 4.29. The number of nitrogens with zero attached hydrogens (tertiary/aromatic N) is 1. The van der Waals surface area contributed by atoms with Crippen molar-refractivity contribution in [3.05, 3.63) is 28.0 Å². The van der Waals surface area contributed by atoms with Crippen LogP contribution < -0.4 is 10.6 Å². The largest absolute Gasteiger partial charge is 0.384 e. The minimum atomic E-state index is -0.317. The molecule has 0 aliphatic carbocycles. The molecule has 1 heterocycles. The SMILES string of the molecule is CCC1CCCN1c1ccc(C(=N)N)c(Br)c1F. The van der Waals surface area contributed by atoms with Crippen molar-refractivity contribution in [1.29, 1.82) is 5.41 Å². The molecule has 2 rings (SSSR count). The number of nitrogens with two attached hydrogens (primary N) is 1. The van der Waals surface area contributed by atoms with Crippen molar-refractivity contribution in [3.8, 4) is 0 Å². The predicted molar refractivity (Wildman–Crippen MR) is 75.8 cm³/mol. The number of amidine groups is 1. The van der Waals surface area contributed by atoms with Gasteiger partial charge in [0.1, 0.15) is 5.84 Å². The Morgan fingerprint density at radius 1 is 1.61 bits per heavy atom. The van der Waals surface area contributed by atoms with Gasteiger partial charge in [-0.1, -0.05) is 6.92 Å². The van der Waals surface area contributed by atoms with E-state index < -0.39 is 0 Å². The summed E-state index contributed by atoms with van der Waals surface area (Å²) >= 11 is 3.20. The molecule has 0 radical (unpaired) electrons. The van der Waals surface area contributed by atoms with Gasteiger partial charge in [-0.25, -0.2) is 4.39 Å². The van der Waals surface area contributed by atoms with Crippen LogP contribution in [0.2, 0.25) is 0 Å². The third kappa shape index (κ3) is 2.23. The van der Waals surface area contributed by atoms with Crippen LogP contribution in [0, 0.1) is 11.2 Å². The fourth-order valence-electron chi connectivity index (χ4n) is 2.55. The molecule has 0 spiro atoms. The van der Waals surface area contributed by atoms with E-state index in [0.29, 0.717) is 17.3 Å². The molecule has 5 heteroatoms. The number of halogens is 2. The highest BCUT2D eigenvalue weighted by Gasteiger charge is 2.26. The number of nitrogens with one attached hydrogen (secondary N) is 1. The Balaban J connectivity index is 2.41. The molecule has 3 N–H and O–H groups in total. The van der Waals surface area contributed by atoms with Crippen molar-refractivity contribution in [2.75, 3.05) is 11.4 Å². The van der Waals surface area contributed by atoms with Gasteiger partial charge in [0.05, 0.1) is 10.2 Å². The van der Waals surface area contributed by atoms with Crippen LogP contribution in [0.15, 0.2) is 16.6 Å². The first kappa shape index (κ1) is 13.3. The topological polar surface area (TPSA) is 53.1 Å². The average molecular weight is 314 g/mol. The molecule has 1 aromatic carbocycles. The van der Waals surface area contributed by atoms with Gasteiger partial charge < -0.3 is 10.6 Å². The van der Waals surface area contributed by atoms with Crippen LogP contribution in [0.25, 0.3) is 0 Å². The first-order chi connectivity index (χ1) is 8.56. The summed E-state index contributed by atoms with van der Waals surface area (Å²) in [5.41, 5.74) is 6.43. The van der Waals surface area contributed by atoms with Crippen molar-refractivity contribution in [2.24, 2.45) is 5.73 Å². The van der Waals surface area contributed by atoms with Gasteiger partial charge >= 0.3 is 0 Å². The number of nitrogen functional groups attached to an aromatic ring is 1. The van der Waals surface area contributed by atoms with Gasteiger partial charge in [0.25, 0.3) is 0 Å². The lowest BCUT2D eigenvalue weighted by molar-refractivity contribution is 0.592. The Bertz CT molecular complexity index is 476. The van der Waals surface area contributed by atoms with Gasteiger partial charge in [0, 0.05) is 18.2 Å². The van der Waals surface area contributed by atoms with Gasteiger partial charge in [0.2, 0.25) is 0 Å². The van der Waals surface area contributed by atoms with E-state index in [1.807, 2.05) is 0 Å². The second-order valence-electron chi connectivity index (χ2n) is 4.57. The van der Waals surface area contributed by atoms with Crippen LogP contribution in [0.1, 0.15) is 31.7 Å². The van der Waals surface area contributed by atoms with Crippen molar-refractivity contribution in [3.63, 3.8) is 0 Å². The molecular formula is C13H17BrFN3. The standard InChI is InChI=1S/C13H17BrFN3/c1-2-8-4-3-7-18(8)10-6-5-9(13(16)17)11(14)12(10)15/h5-6,8H,2-4,7H2,1H3,(H3,16,17). The molecule has 0 amide bonds. The quantitative estimate of drug-likeness (QED) is 0.665. The lowest BCUT2D eigenvalue weighted by Crippen LogP contribution is -2.29. The Hall–Kier alpha value is -1.10. The predicted octanol–water partition coefficient (Wildman–Crippen LogP) is 3.25. The van der Waals surface area contributed by atoms with Crippen LogP contribution in [-0.2, 0) is 0 Å². The summed E-state index contributed by atoms with van der Waals surface area (Å²) in [6.45, 7) is 3.02. The monoisotopic (exact) mass is 313 g/mol. The zero-order valence-corrected chi connectivity index (χ0v) is 11.9. The normalized spacial score (nSPS) is 19.3. The Morgan fingerprint density at radius 2 is 2.33 bits per heavy atom. The summed E-state index contributed by atoms with van der Waals surface area (Å²) in [5.74, 6) is -0.441. The Labute approximate surface area is 115 Å². The highest BCUT2D eigenvalue weighted by molar-refractivity contribution is 9.10. The van der Waals surface area contributed by atoms with E-state index in [1.54, 1.807) is 12.1 Å². The number of rotatable bonds is 3. The molecule has 1 atom stereocenters. The molecule has 98 valence electrons. The molecule has 0 aromatic heterocycles. The number of hydrogen-bond acceptors (Lipinski definition) is 2. The summed E-state index contributed by atoms with van der Waals surface area (Å²) in [6.07, 6.45) is 3.23. The third-order valence-electron chi connectivity index (χ3n) is 3.51. The fraction of sp³-hybridized carbons (Fsp3) is 0.462. The van der Waals surface area contributed by atoms with Gasteiger partial charge in [0.15, 0.2) is 5.82 Å². The summed E-state index contributed by atoms with van der Waals surface area (Å²) in [7, 11) is 0. The summed E-state index contributed by atoms with van der Waals surface area (Å²) < 4.78 is 14.6. The van der Waals surface area contributed by atoms with E-state index in [4.69, 9.17) is 11.1 Å². The molecular weight excluding hydrogens is 297 g/mol. The smallest absolute Gasteiger partial charge is 0.161 e. The molecule has 1 saturated heterocycles. The molecule has 18 heavy (non-hydrogen) atoms. The van der Waals surface area contributed by atoms with E-state index in [1.165, 1.54) is 0 Å². The zero-order valence-electron chi connectivity index (χ0n) is 10.3. The van der Waals surface area contributed by atoms with E-state index in [0.717, 1.165) is 25.8 Å². The lowest BCUT2D eigenvalue weighted by Gasteiger charge is -2.27. The van der Waals surface area contributed by atoms with Gasteiger partial charge in [-0.2, -0.15) is 0 Å². The lowest BCUT2D eigenvalue weighted by atomic mass is 10.1. The number of hydrogen-bond donors (Lipinski definition) is 2. The van der Waals surface area contributed by atoms with Crippen molar-refractivity contribution in [2.45, 2.75) is 32.2 Å². The van der Waals surface area contributed by atoms with Crippen LogP contribution >= 0.6 is 15.9 Å². The van der Waals surface area contributed by atoms with Crippen LogP contribution in [0.3, 0.4) is 0 Å². The maximum Gasteiger partial charge on any atom is 0.161 e. The zero-order chi connectivity index (χ0) is 13.3. The molecule has 1 aliphatic heterocycles. The summed E-state index contributed by atoms with van der Waals surface area (Å²) in [6, 6.07) is 3.84. The molecule has 1 unspecified atom stereocenters. The van der Waals surface area contributed by atoms with Crippen molar-refractivity contribution < 1.29 is 4.39 Å². The number of benzene rings is 1. The Kier molecular flexibility index (Phi) is 3.90. The van der Waals surface area contributed by atoms with Gasteiger partial charge in [-0.3, -0.25) is 5.41 Å². The van der Waals surface area contributed by atoms with E-state index in [2.05, 4.69) is 27.8 Å². The van der Waals surface area contributed by atoms with Crippen LogP contribution in [0.4, 0.5) is 10.1 Å². The maximum atomic E-state index is 14.3.